The maximum Gasteiger partial charge on any atom is 0.273 e. The summed E-state index contributed by atoms with van der Waals surface area (Å²) < 4.78 is 0. The number of nitrogen functional groups attached to an aromatic ring is 1. The number of aromatic amines is 1. The number of carbonyl (C=O) groups excluding carboxylic acids is 1. The van der Waals surface area contributed by atoms with Crippen LogP contribution in [0.25, 0.3) is 0 Å². The van der Waals surface area contributed by atoms with Crippen LogP contribution in [0.2, 0.25) is 0 Å². The van der Waals surface area contributed by atoms with E-state index in [0.29, 0.717) is 17.9 Å². The smallest absolute Gasteiger partial charge is 0.273 e. The third kappa shape index (κ3) is 3.47. The Balaban J connectivity index is 2.57. The minimum absolute atomic E-state index is 0.193. The first-order chi connectivity index (χ1) is 8.07. The molecule has 0 saturated heterocycles. The zero-order valence-electron chi connectivity index (χ0n) is 10.8. The van der Waals surface area contributed by atoms with Crippen LogP contribution in [0, 0.1) is 0 Å². The van der Waals surface area contributed by atoms with Gasteiger partial charge in [-0.05, 0) is 12.3 Å². The summed E-state index contributed by atoms with van der Waals surface area (Å²) in [6.45, 7) is 6.82. The van der Waals surface area contributed by atoms with E-state index in [-0.39, 0.29) is 11.8 Å². The largest absolute Gasteiger partial charge is 0.395 e. The van der Waals surface area contributed by atoms with E-state index in [2.05, 4.69) is 22.4 Å². The average molecular weight is 238 g/mol. The third-order valence-corrected chi connectivity index (χ3v) is 2.69. The van der Waals surface area contributed by atoms with Crippen LogP contribution in [0.15, 0.2) is 0 Å². The summed E-state index contributed by atoms with van der Waals surface area (Å²) in [5, 5.41) is 9.62. The molecule has 0 bridgehead atoms. The van der Waals surface area contributed by atoms with E-state index < -0.39 is 0 Å². The van der Waals surface area contributed by atoms with Gasteiger partial charge < -0.3 is 11.1 Å². The molecule has 0 saturated carbocycles. The van der Waals surface area contributed by atoms with E-state index in [4.69, 9.17) is 5.73 Å². The molecule has 5 nitrogen and oxygen atoms in total. The van der Waals surface area contributed by atoms with Gasteiger partial charge in [0.1, 0.15) is 0 Å². The van der Waals surface area contributed by atoms with Crippen LogP contribution in [0.1, 0.15) is 62.1 Å². The van der Waals surface area contributed by atoms with Crippen LogP contribution in [-0.2, 0) is 0 Å². The van der Waals surface area contributed by atoms with Crippen LogP contribution in [0.3, 0.4) is 0 Å². The van der Waals surface area contributed by atoms with Crippen LogP contribution in [-0.4, -0.2) is 22.6 Å². The normalized spacial score (nSPS) is 10.8. The number of carbonyl (C=O) groups is 1. The Morgan fingerprint density at radius 3 is 2.71 bits per heavy atom. The Hall–Kier alpha value is -1.52. The Labute approximate surface area is 102 Å². The van der Waals surface area contributed by atoms with Gasteiger partial charge in [0.15, 0.2) is 5.69 Å². The second-order valence-corrected chi connectivity index (χ2v) is 4.52. The number of unbranched alkanes of at least 4 members (excludes halogenated alkanes) is 2. The summed E-state index contributed by atoms with van der Waals surface area (Å²) >= 11 is 0. The number of rotatable bonds is 6. The van der Waals surface area contributed by atoms with Gasteiger partial charge in [0, 0.05) is 6.54 Å². The molecule has 17 heavy (non-hydrogen) atoms. The van der Waals surface area contributed by atoms with E-state index in [1.54, 1.807) is 0 Å². The summed E-state index contributed by atoms with van der Waals surface area (Å²) in [6.07, 6.45) is 3.25. The molecule has 0 radical (unpaired) electrons. The lowest BCUT2D eigenvalue weighted by Crippen LogP contribution is -2.25. The molecular formula is C12H22N4O. The predicted octanol–water partition coefficient (Wildman–Crippen LogP) is 2.04. The number of nitrogens with zero attached hydrogens (tertiary/aromatic N) is 1. The number of nitrogens with one attached hydrogen (secondary N) is 2. The van der Waals surface area contributed by atoms with Gasteiger partial charge in [0.05, 0.1) is 11.4 Å². The van der Waals surface area contributed by atoms with E-state index in [0.717, 1.165) is 25.0 Å². The van der Waals surface area contributed by atoms with Crippen molar-refractivity contribution in [3.63, 3.8) is 0 Å². The lowest BCUT2D eigenvalue weighted by Gasteiger charge is -2.04. The van der Waals surface area contributed by atoms with Gasteiger partial charge in [-0.25, -0.2) is 0 Å². The molecule has 0 aliphatic rings. The Kier molecular flexibility index (Phi) is 5.00. The molecule has 5 heteroatoms. The molecule has 1 aromatic rings. The standard InChI is InChI=1S/C12H22N4O/c1-4-5-6-7-14-12(17)11-9(13)10(8(2)3)15-16-11/h8H,4-7,13H2,1-3H3,(H,14,17)(H,15,16). The number of anilines is 1. The third-order valence-electron chi connectivity index (χ3n) is 2.69. The van der Waals surface area contributed by atoms with E-state index in [9.17, 15) is 4.79 Å². The number of hydrogen-bond acceptors (Lipinski definition) is 3. The predicted molar refractivity (Wildman–Crippen MR) is 68.9 cm³/mol. The Bertz CT molecular complexity index is 371. The van der Waals surface area contributed by atoms with Gasteiger partial charge in [-0.15, -0.1) is 0 Å². The maximum atomic E-state index is 11.8. The fourth-order valence-corrected chi connectivity index (χ4v) is 1.64. The molecule has 0 unspecified atom stereocenters. The van der Waals surface area contributed by atoms with Gasteiger partial charge in [-0.1, -0.05) is 33.6 Å². The van der Waals surface area contributed by atoms with E-state index >= 15 is 0 Å². The van der Waals surface area contributed by atoms with Crippen molar-refractivity contribution in [2.45, 2.75) is 46.0 Å². The summed E-state index contributed by atoms with van der Waals surface area (Å²) in [5.74, 6) is 0.0471. The Morgan fingerprint density at radius 1 is 1.47 bits per heavy atom. The van der Waals surface area contributed by atoms with E-state index in [1.165, 1.54) is 0 Å². The first kappa shape index (κ1) is 13.5. The highest BCUT2D eigenvalue weighted by Gasteiger charge is 2.18. The van der Waals surface area contributed by atoms with Crippen molar-refractivity contribution in [1.82, 2.24) is 15.5 Å². The zero-order valence-corrected chi connectivity index (χ0v) is 10.8. The van der Waals surface area contributed by atoms with Crippen molar-refractivity contribution >= 4 is 11.6 Å². The van der Waals surface area contributed by atoms with Crippen molar-refractivity contribution < 1.29 is 4.79 Å². The molecule has 0 fully saturated rings. The summed E-state index contributed by atoms with van der Waals surface area (Å²) in [5.41, 5.74) is 7.48. The van der Waals surface area contributed by atoms with Crippen LogP contribution < -0.4 is 11.1 Å². The first-order valence-corrected chi connectivity index (χ1v) is 6.19. The number of hydrogen-bond donors (Lipinski definition) is 3. The SMILES string of the molecule is CCCCCNC(=O)c1n[nH]c(C(C)C)c1N. The van der Waals surface area contributed by atoms with Crippen LogP contribution in [0.4, 0.5) is 5.69 Å². The molecule has 0 aromatic carbocycles. The molecular weight excluding hydrogens is 216 g/mol. The summed E-state index contributed by atoms with van der Waals surface area (Å²) in [7, 11) is 0. The molecule has 1 amide bonds. The minimum atomic E-state index is -0.193. The zero-order chi connectivity index (χ0) is 12.8. The first-order valence-electron chi connectivity index (χ1n) is 6.19. The fourth-order valence-electron chi connectivity index (χ4n) is 1.64. The van der Waals surface area contributed by atoms with Crippen molar-refractivity contribution in [2.24, 2.45) is 0 Å². The van der Waals surface area contributed by atoms with Crippen molar-refractivity contribution in [3.8, 4) is 0 Å². The Morgan fingerprint density at radius 2 is 2.18 bits per heavy atom. The molecule has 1 heterocycles. The highest BCUT2D eigenvalue weighted by atomic mass is 16.1. The maximum absolute atomic E-state index is 11.8. The number of amides is 1. The van der Waals surface area contributed by atoms with E-state index in [1.807, 2.05) is 13.8 Å². The lowest BCUT2D eigenvalue weighted by molar-refractivity contribution is 0.0949. The van der Waals surface area contributed by atoms with Crippen LogP contribution in [0.5, 0.6) is 0 Å². The summed E-state index contributed by atoms with van der Waals surface area (Å²) in [6, 6.07) is 0. The number of aromatic nitrogens is 2. The molecule has 4 N–H and O–H groups in total. The average Bonchev–Trinajstić information content (AvgIpc) is 2.66. The van der Waals surface area contributed by atoms with Gasteiger partial charge in [0.2, 0.25) is 0 Å². The van der Waals surface area contributed by atoms with Gasteiger partial charge in [-0.3, -0.25) is 9.89 Å². The molecule has 0 spiro atoms. The second kappa shape index (κ2) is 6.27. The van der Waals surface area contributed by atoms with Gasteiger partial charge in [0.25, 0.3) is 5.91 Å². The fraction of sp³-hybridized carbons (Fsp3) is 0.667. The molecule has 0 aliphatic heterocycles. The quantitative estimate of drug-likeness (QED) is 0.663. The number of nitrogens with two attached hydrogens (primary N) is 1. The van der Waals surface area contributed by atoms with Crippen molar-refractivity contribution in [1.29, 1.82) is 0 Å². The van der Waals surface area contributed by atoms with Gasteiger partial charge in [-0.2, -0.15) is 5.10 Å². The second-order valence-electron chi connectivity index (χ2n) is 4.52. The highest BCUT2D eigenvalue weighted by Crippen LogP contribution is 2.21. The molecule has 0 aliphatic carbocycles. The minimum Gasteiger partial charge on any atom is -0.395 e. The number of H-pyrrole nitrogens is 1. The van der Waals surface area contributed by atoms with Crippen molar-refractivity contribution in [2.75, 3.05) is 12.3 Å². The molecule has 1 aromatic heterocycles. The summed E-state index contributed by atoms with van der Waals surface area (Å²) in [4.78, 5) is 11.8. The van der Waals surface area contributed by atoms with Crippen molar-refractivity contribution in [3.05, 3.63) is 11.4 Å². The van der Waals surface area contributed by atoms with Crippen LogP contribution >= 0.6 is 0 Å². The molecule has 0 atom stereocenters. The molecule has 1 rings (SSSR count). The molecule has 96 valence electrons. The monoisotopic (exact) mass is 238 g/mol. The van der Waals surface area contributed by atoms with Gasteiger partial charge >= 0.3 is 0 Å². The topological polar surface area (TPSA) is 83.8 Å². The lowest BCUT2D eigenvalue weighted by atomic mass is 10.1. The highest BCUT2D eigenvalue weighted by molar-refractivity contribution is 5.97.